The predicted molar refractivity (Wildman–Crippen MR) is 67.0 cm³/mol. The average Bonchev–Trinajstić information content (AvgIpc) is 2.72. The van der Waals surface area contributed by atoms with Gasteiger partial charge in [0.2, 0.25) is 0 Å². The Morgan fingerprint density at radius 2 is 2.19 bits per heavy atom. The monoisotopic (exact) mass is 219 g/mol. The van der Waals surface area contributed by atoms with E-state index in [4.69, 9.17) is 4.74 Å². The van der Waals surface area contributed by atoms with Crippen molar-refractivity contribution < 1.29 is 4.74 Å². The van der Waals surface area contributed by atoms with Crippen LogP contribution in [-0.2, 0) is 6.42 Å². The van der Waals surface area contributed by atoms with Gasteiger partial charge in [0, 0.05) is 12.6 Å². The highest BCUT2D eigenvalue weighted by Gasteiger charge is 2.19. The third-order valence-electron chi connectivity index (χ3n) is 3.55. The van der Waals surface area contributed by atoms with E-state index in [1.165, 1.54) is 24.9 Å². The van der Waals surface area contributed by atoms with Gasteiger partial charge in [-0.25, -0.2) is 0 Å². The van der Waals surface area contributed by atoms with Gasteiger partial charge < -0.3 is 9.64 Å². The fraction of sp³-hybridized carbons (Fsp3) is 0.571. The van der Waals surface area contributed by atoms with Crippen LogP contribution in [0.5, 0.6) is 5.75 Å². The molecule has 2 heteroatoms. The molecule has 16 heavy (non-hydrogen) atoms. The highest BCUT2D eigenvalue weighted by molar-refractivity contribution is 5.33. The van der Waals surface area contributed by atoms with Crippen LogP contribution in [0.2, 0.25) is 0 Å². The van der Waals surface area contributed by atoms with Gasteiger partial charge in [0.25, 0.3) is 0 Å². The molecule has 1 saturated heterocycles. The number of benzene rings is 1. The molecule has 1 fully saturated rings. The molecule has 0 spiro atoms. The van der Waals surface area contributed by atoms with Crippen LogP contribution in [0.1, 0.15) is 25.3 Å². The van der Waals surface area contributed by atoms with Crippen LogP contribution < -0.4 is 4.74 Å². The lowest BCUT2D eigenvalue weighted by Crippen LogP contribution is -2.29. The summed E-state index contributed by atoms with van der Waals surface area (Å²) in [5.74, 6) is 1.02. The molecule has 1 aromatic carbocycles. The maximum atomic E-state index is 5.37. The van der Waals surface area contributed by atoms with Crippen molar-refractivity contribution in [2.24, 2.45) is 0 Å². The minimum Gasteiger partial charge on any atom is -0.496 e. The highest BCUT2D eigenvalue weighted by atomic mass is 16.5. The van der Waals surface area contributed by atoms with Crippen LogP contribution in [-0.4, -0.2) is 31.1 Å². The summed E-state index contributed by atoms with van der Waals surface area (Å²) in [6.45, 7) is 4.74. The van der Waals surface area contributed by atoms with Crippen LogP contribution in [0.3, 0.4) is 0 Å². The topological polar surface area (TPSA) is 12.5 Å². The molecular weight excluding hydrogens is 198 g/mol. The molecule has 0 N–H and O–H groups in total. The van der Waals surface area contributed by atoms with Crippen molar-refractivity contribution in [3.8, 4) is 5.75 Å². The summed E-state index contributed by atoms with van der Waals surface area (Å²) >= 11 is 0. The lowest BCUT2D eigenvalue weighted by Gasteiger charge is -2.21. The van der Waals surface area contributed by atoms with Crippen LogP contribution in [0.15, 0.2) is 24.3 Å². The minimum atomic E-state index is 0.759. The van der Waals surface area contributed by atoms with Crippen molar-refractivity contribution in [3.63, 3.8) is 0 Å². The van der Waals surface area contributed by atoms with Crippen molar-refractivity contribution in [3.05, 3.63) is 29.8 Å². The minimum absolute atomic E-state index is 0.759. The Morgan fingerprint density at radius 3 is 2.88 bits per heavy atom. The lowest BCUT2D eigenvalue weighted by atomic mass is 10.1. The summed E-state index contributed by atoms with van der Waals surface area (Å²) in [4.78, 5) is 2.58. The standard InChI is InChI=1S/C14H21NO/c1-12-6-5-10-15(12)11-9-13-7-3-4-8-14(13)16-2/h3-4,7-8,12H,5-6,9-11H2,1-2H3. The normalized spacial score (nSPS) is 21.2. The second-order valence-corrected chi connectivity index (χ2v) is 4.59. The van der Waals surface area contributed by atoms with E-state index in [1.54, 1.807) is 7.11 Å². The molecule has 1 aliphatic rings. The smallest absolute Gasteiger partial charge is 0.122 e. The first-order chi connectivity index (χ1) is 7.81. The van der Waals surface area contributed by atoms with Gasteiger partial charge in [-0.15, -0.1) is 0 Å². The molecule has 0 amide bonds. The molecule has 0 aromatic heterocycles. The summed E-state index contributed by atoms with van der Waals surface area (Å²) in [6, 6.07) is 9.09. The molecule has 0 radical (unpaired) electrons. The second kappa shape index (κ2) is 5.35. The molecule has 1 aliphatic heterocycles. The Bertz CT molecular complexity index is 337. The summed E-state index contributed by atoms with van der Waals surface area (Å²) in [6.07, 6.45) is 3.80. The first-order valence-electron chi connectivity index (χ1n) is 6.17. The Labute approximate surface area is 98.2 Å². The largest absolute Gasteiger partial charge is 0.496 e. The van der Waals surface area contributed by atoms with Crippen molar-refractivity contribution >= 4 is 0 Å². The Balaban J connectivity index is 1.93. The van der Waals surface area contributed by atoms with Crippen molar-refractivity contribution in [1.82, 2.24) is 4.90 Å². The lowest BCUT2D eigenvalue weighted by molar-refractivity contribution is 0.271. The van der Waals surface area contributed by atoms with Crippen LogP contribution in [0.25, 0.3) is 0 Å². The van der Waals surface area contributed by atoms with Gasteiger partial charge in [-0.2, -0.15) is 0 Å². The van der Waals surface area contributed by atoms with Crippen LogP contribution >= 0.6 is 0 Å². The number of nitrogens with zero attached hydrogens (tertiary/aromatic N) is 1. The molecule has 1 atom stereocenters. The highest BCUT2D eigenvalue weighted by Crippen LogP contribution is 2.21. The van der Waals surface area contributed by atoms with Gasteiger partial charge in [0.1, 0.15) is 5.75 Å². The zero-order chi connectivity index (χ0) is 11.4. The molecule has 0 saturated carbocycles. The van der Waals surface area contributed by atoms with E-state index in [2.05, 4.69) is 24.0 Å². The number of hydrogen-bond acceptors (Lipinski definition) is 2. The molecule has 2 nitrogen and oxygen atoms in total. The van der Waals surface area contributed by atoms with Gasteiger partial charge in [-0.05, 0) is 44.4 Å². The average molecular weight is 219 g/mol. The maximum Gasteiger partial charge on any atom is 0.122 e. The Hall–Kier alpha value is -1.02. The first kappa shape index (κ1) is 11.5. The van der Waals surface area contributed by atoms with E-state index in [-0.39, 0.29) is 0 Å². The number of rotatable bonds is 4. The van der Waals surface area contributed by atoms with Gasteiger partial charge in [0.15, 0.2) is 0 Å². The number of methoxy groups -OCH3 is 1. The molecule has 1 aromatic rings. The van der Waals surface area contributed by atoms with Gasteiger partial charge >= 0.3 is 0 Å². The molecular formula is C14H21NO. The summed E-state index contributed by atoms with van der Waals surface area (Å²) in [7, 11) is 1.75. The van der Waals surface area contributed by atoms with E-state index in [1.807, 2.05) is 12.1 Å². The zero-order valence-corrected chi connectivity index (χ0v) is 10.3. The zero-order valence-electron chi connectivity index (χ0n) is 10.3. The van der Waals surface area contributed by atoms with E-state index < -0.39 is 0 Å². The molecule has 0 aliphatic carbocycles. The van der Waals surface area contributed by atoms with Gasteiger partial charge in [0.05, 0.1) is 7.11 Å². The van der Waals surface area contributed by atoms with E-state index in [0.29, 0.717) is 0 Å². The first-order valence-corrected chi connectivity index (χ1v) is 6.17. The second-order valence-electron chi connectivity index (χ2n) is 4.59. The van der Waals surface area contributed by atoms with E-state index in [9.17, 15) is 0 Å². The summed E-state index contributed by atoms with van der Waals surface area (Å²) in [5.41, 5.74) is 1.32. The number of likely N-dealkylation sites (tertiary alicyclic amines) is 1. The van der Waals surface area contributed by atoms with E-state index in [0.717, 1.165) is 24.8 Å². The quantitative estimate of drug-likeness (QED) is 0.772. The summed E-state index contributed by atoms with van der Waals surface area (Å²) < 4.78 is 5.37. The van der Waals surface area contributed by atoms with Crippen molar-refractivity contribution in [2.75, 3.05) is 20.2 Å². The molecule has 1 unspecified atom stereocenters. The van der Waals surface area contributed by atoms with Crippen LogP contribution in [0.4, 0.5) is 0 Å². The molecule has 0 bridgehead atoms. The third-order valence-corrected chi connectivity index (χ3v) is 3.55. The number of hydrogen-bond donors (Lipinski definition) is 0. The van der Waals surface area contributed by atoms with Crippen molar-refractivity contribution in [2.45, 2.75) is 32.2 Å². The fourth-order valence-corrected chi connectivity index (χ4v) is 2.50. The third kappa shape index (κ3) is 2.56. The predicted octanol–water partition coefficient (Wildman–Crippen LogP) is 2.72. The SMILES string of the molecule is COc1ccccc1CCN1CCCC1C. The Morgan fingerprint density at radius 1 is 1.38 bits per heavy atom. The summed E-state index contributed by atoms with van der Waals surface area (Å²) in [5, 5.41) is 0. The molecule has 88 valence electrons. The number of ether oxygens (including phenoxy) is 1. The van der Waals surface area contributed by atoms with Gasteiger partial charge in [-0.3, -0.25) is 0 Å². The van der Waals surface area contributed by atoms with Gasteiger partial charge in [-0.1, -0.05) is 18.2 Å². The molecule has 2 rings (SSSR count). The Kier molecular flexibility index (Phi) is 3.83. The maximum absolute atomic E-state index is 5.37. The van der Waals surface area contributed by atoms with Crippen molar-refractivity contribution in [1.29, 1.82) is 0 Å². The fourth-order valence-electron chi connectivity index (χ4n) is 2.50. The number of para-hydroxylation sites is 1. The molecule has 1 heterocycles. The van der Waals surface area contributed by atoms with Crippen LogP contribution in [0, 0.1) is 0 Å². The van der Waals surface area contributed by atoms with E-state index >= 15 is 0 Å².